The first kappa shape index (κ1) is 15.5. The topological polar surface area (TPSA) is 75.4 Å². The van der Waals surface area contributed by atoms with Crippen molar-refractivity contribution < 1.29 is 14.7 Å². The fourth-order valence-electron chi connectivity index (χ4n) is 2.98. The molecule has 2 aromatic heterocycles. The van der Waals surface area contributed by atoms with E-state index in [0.717, 1.165) is 10.6 Å². The molecule has 6 nitrogen and oxygen atoms in total. The summed E-state index contributed by atoms with van der Waals surface area (Å²) < 4.78 is 1.65. The van der Waals surface area contributed by atoms with Crippen LogP contribution in [0.15, 0.2) is 23.1 Å². The van der Waals surface area contributed by atoms with Crippen LogP contribution in [0.25, 0.3) is 5.76 Å². The summed E-state index contributed by atoms with van der Waals surface area (Å²) in [5, 5.41) is 17.0. The lowest BCUT2D eigenvalue weighted by molar-refractivity contribution is -0.139. The molecule has 1 aliphatic heterocycles. The van der Waals surface area contributed by atoms with Crippen molar-refractivity contribution in [2.45, 2.75) is 19.9 Å². The van der Waals surface area contributed by atoms with Gasteiger partial charge in [-0.25, -0.2) is 0 Å². The van der Waals surface area contributed by atoms with Crippen molar-refractivity contribution in [3.05, 3.63) is 44.9 Å². The molecule has 0 bridgehead atoms. The van der Waals surface area contributed by atoms with Gasteiger partial charge in [-0.15, -0.1) is 11.3 Å². The molecule has 2 aromatic rings. The highest BCUT2D eigenvalue weighted by atomic mass is 32.1. The smallest absolute Gasteiger partial charge is 0.295 e. The van der Waals surface area contributed by atoms with Gasteiger partial charge in [0.2, 0.25) is 0 Å². The van der Waals surface area contributed by atoms with E-state index in [9.17, 15) is 14.7 Å². The first-order chi connectivity index (χ1) is 10.8. The van der Waals surface area contributed by atoms with Crippen molar-refractivity contribution in [2.24, 2.45) is 7.05 Å². The van der Waals surface area contributed by atoms with E-state index >= 15 is 0 Å². The van der Waals surface area contributed by atoms with Gasteiger partial charge in [0.25, 0.3) is 11.7 Å². The molecule has 1 aliphatic rings. The summed E-state index contributed by atoms with van der Waals surface area (Å²) in [6.07, 6.45) is 0. The molecule has 0 saturated carbocycles. The van der Waals surface area contributed by atoms with Crippen molar-refractivity contribution in [3.63, 3.8) is 0 Å². The predicted octanol–water partition coefficient (Wildman–Crippen LogP) is 2.15. The summed E-state index contributed by atoms with van der Waals surface area (Å²) in [6, 6.07) is 3.15. The lowest BCUT2D eigenvalue weighted by atomic mass is 9.99. The second-order valence-electron chi connectivity index (χ2n) is 5.59. The Hall–Kier alpha value is -2.41. The van der Waals surface area contributed by atoms with E-state index in [4.69, 9.17) is 0 Å². The second kappa shape index (κ2) is 5.34. The molecule has 1 saturated heterocycles. The van der Waals surface area contributed by atoms with Crippen LogP contribution >= 0.6 is 11.3 Å². The van der Waals surface area contributed by atoms with Gasteiger partial charge in [0, 0.05) is 24.7 Å². The maximum atomic E-state index is 12.4. The number of amides is 1. The second-order valence-corrected chi connectivity index (χ2v) is 6.57. The molecule has 1 fully saturated rings. The molecule has 0 spiro atoms. The number of aliphatic hydroxyl groups is 1. The molecule has 3 rings (SSSR count). The average molecular weight is 331 g/mol. The molecule has 7 heteroatoms. The van der Waals surface area contributed by atoms with Gasteiger partial charge >= 0.3 is 0 Å². The Balaban J connectivity index is 2.25. The molecular weight excluding hydrogens is 314 g/mol. The molecule has 0 radical (unpaired) electrons. The number of aliphatic hydroxyl groups excluding tert-OH is 1. The van der Waals surface area contributed by atoms with E-state index in [1.54, 1.807) is 25.7 Å². The number of aryl methyl sites for hydroxylation is 2. The fraction of sp³-hybridized carbons (Fsp3) is 0.312. The number of ketones is 1. The van der Waals surface area contributed by atoms with E-state index in [1.165, 1.54) is 16.2 Å². The van der Waals surface area contributed by atoms with Crippen LogP contribution in [-0.4, -0.2) is 38.5 Å². The minimum atomic E-state index is -0.661. The molecular formula is C16H17N3O3S. The molecule has 1 amide bonds. The zero-order valence-corrected chi connectivity index (χ0v) is 14.1. The zero-order chi connectivity index (χ0) is 16.9. The highest BCUT2D eigenvalue weighted by Crippen LogP contribution is 2.40. The van der Waals surface area contributed by atoms with Crippen molar-refractivity contribution in [2.75, 3.05) is 7.05 Å². The summed E-state index contributed by atoms with van der Waals surface area (Å²) in [5.74, 6) is -1.43. The Morgan fingerprint density at radius 3 is 2.52 bits per heavy atom. The van der Waals surface area contributed by atoms with Gasteiger partial charge in [0.05, 0.1) is 22.9 Å². The zero-order valence-electron chi connectivity index (χ0n) is 13.3. The van der Waals surface area contributed by atoms with Crippen molar-refractivity contribution >= 4 is 28.8 Å². The minimum absolute atomic E-state index is 0.124. The quantitative estimate of drug-likeness (QED) is 0.520. The highest BCUT2D eigenvalue weighted by Gasteiger charge is 2.45. The number of thiophene rings is 1. The Bertz CT molecular complexity index is 833. The monoisotopic (exact) mass is 331 g/mol. The van der Waals surface area contributed by atoms with Gasteiger partial charge in [0.1, 0.15) is 5.76 Å². The van der Waals surface area contributed by atoms with Gasteiger partial charge in [-0.2, -0.15) is 5.10 Å². The van der Waals surface area contributed by atoms with Crippen LogP contribution in [0.5, 0.6) is 0 Å². The Kier molecular flexibility index (Phi) is 3.60. The standard InChI is InChI=1S/C16H17N3O3S/c1-8-11(9(2)19(4)17-8)14(20)12-13(10-6-5-7-23-10)18(3)16(22)15(12)21/h5-7,13,20H,1-4H3/b14-12+. The maximum absolute atomic E-state index is 12.4. The van der Waals surface area contributed by atoms with Crippen LogP contribution in [0.1, 0.15) is 27.9 Å². The SMILES string of the molecule is Cc1nn(C)c(C)c1/C(O)=C1\C(=O)C(=O)N(C)C1c1cccs1. The molecule has 120 valence electrons. The highest BCUT2D eigenvalue weighted by molar-refractivity contribution is 7.10. The lowest BCUT2D eigenvalue weighted by Gasteiger charge is -2.19. The molecule has 1 atom stereocenters. The van der Waals surface area contributed by atoms with Crippen LogP contribution < -0.4 is 0 Å². The number of likely N-dealkylation sites (N-methyl/N-ethyl adjacent to an activating group) is 1. The summed E-state index contributed by atoms with van der Waals surface area (Å²) in [4.78, 5) is 26.8. The average Bonchev–Trinajstić information content (AvgIpc) is 3.16. The molecule has 23 heavy (non-hydrogen) atoms. The maximum Gasteiger partial charge on any atom is 0.295 e. The van der Waals surface area contributed by atoms with Gasteiger partial charge < -0.3 is 10.0 Å². The van der Waals surface area contributed by atoms with Crippen molar-refractivity contribution in [1.82, 2.24) is 14.7 Å². The Morgan fingerprint density at radius 1 is 1.30 bits per heavy atom. The molecule has 3 heterocycles. The Morgan fingerprint density at radius 2 is 2.00 bits per heavy atom. The van der Waals surface area contributed by atoms with E-state index in [2.05, 4.69) is 5.10 Å². The number of carbonyl (C=O) groups is 2. The number of aromatic nitrogens is 2. The predicted molar refractivity (Wildman–Crippen MR) is 87.1 cm³/mol. The summed E-state index contributed by atoms with van der Waals surface area (Å²) in [6.45, 7) is 3.58. The van der Waals surface area contributed by atoms with Crippen molar-refractivity contribution in [1.29, 1.82) is 0 Å². The fourth-order valence-corrected chi connectivity index (χ4v) is 3.85. The number of likely N-dealkylation sites (tertiary alicyclic amines) is 1. The lowest BCUT2D eigenvalue weighted by Crippen LogP contribution is -2.24. The summed E-state index contributed by atoms with van der Waals surface area (Å²) in [7, 11) is 3.35. The van der Waals surface area contributed by atoms with E-state index in [0.29, 0.717) is 11.3 Å². The van der Waals surface area contributed by atoms with Crippen molar-refractivity contribution in [3.8, 4) is 0 Å². The van der Waals surface area contributed by atoms with E-state index in [-0.39, 0.29) is 11.3 Å². The molecule has 1 unspecified atom stereocenters. The van der Waals surface area contributed by atoms with E-state index in [1.807, 2.05) is 24.4 Å². The van der Waals surface area contributed by atoms with Gasteiger partial charge in [-0.1, -0.05) is 6.07 Å². The summed E-state index contributed by atoms with van der Waals surface area (Å²) >= 11 is 1.45. The van der Waals surface area contributed by atoms with Crippen LogP contribution in [0, 0.1) is 13.8 Å². The molecule has 0 aromatic carbocycles. The van der Waals surface area contributed by atoms with Gasteiger partial charge in [-0.3, -0.25) is 14.3 Å². The first-order valence-corrected chi connectivity index (χ1v) is 8.01. The third-order valence-electron chi connectivity index (χ3n) is 4.23. The van der Waals surface area contributed by atoms with E-state index < -0.39 is 17.7 Å². The number of hydrogen-bond acceptors (Lipinski definition) is 5. The Labute approximate surface area is 137 Å². The number of carbonyl (C=O) groups excluding carboxylic acids is 2. The molecule has 0 aliphatic carbocycles. The number of rotatable bonds is 2. The normalized spacial score (nSPS) is 20.5. The van der Waals surface area contributed by atoms with Crippen LogP contribution in [0.2, 0.25) is 0 Å². The first-order valence-electron chi connectivity index (χ1n) is 7.13. The van der Waals surface area contributed by atoms with Gasteiger partial charge in [-0.05, 0) is 25.3 Å². The third kappa shape index (κ3) is 2.19. The molecule has 1 N–H and O–H groups in total. The summed E-state index contributed by atoms with van der Waals surface area (Å²) in [5.41, 5.74) is 2.00. The van der Waals surface area contributed by atoms with Crippen LogP contribution in [0.4, 0.5) is 0 Å². The number of hydrogen-bond donors (Lipinski definition) is 1. The third-order valence-corrected chi connectivity index (χ3v) is 5.16. The van der Waals surface area contributed by atoms with Crippen LogP contribution in [0.3, 0.4) is 0 Å². The van der Waals surface area contributed by atoms with Gasteiger partial charge in [0.15, 0.2) is 0 Å². The van der Waals surface area contributed by atoms with Crippen LogP contribution in [-0.2, 0) is 16.6 Å². The number of nitrogens with zero attached hydrogens (tertiary/aromatic N) is 3. The number of Topliss-reactive ketones (excluding diaryl/α,β-unsaturated/α-hetero) is 1. The minimum Gasteiger partial charge on any atom is -0.507 e. The largest absolute Gasteiger partial charge is 0.507 e.